The zero-order valence-corrected chi connectivity index (χ0v) is 7.79. The van der Waals surface area contributed by atoms with Gasteiger partial charge in [-0.25, -0.2) is 4.79 Å². The summed E-state index contributed by atoms with van der Waals surface area (Å²) in [5, 5.41) is 8.27. The second-order valence-corrected chi connectivity index (χ2v) is 3.16. The maximum atomic E-state index is 10.1. The maximum absolute atomic E-state index is 10.1. The van der Waals surface area contributed by atoms with Crippen LogP contribution >= 0.6 is 12.0 Å². The van der Waals surface area contributed by atoms with Gasteiger partial charge in [0, 0.05) is 5.75 Å². The summed E-state index contributed by atoms with van der Waals surface area (Å²) in [7, 11) is 0. The van der Waals surface area contributed by atoms with Crippen LogP contribution in [0.5, 0.6) is 0 Å². The number of hydrogen-bond donors (Lipinski definition) is 1. The van der Waals surface area contributed by atoms with Crippen LogP contribution in [-0.2, 0) is 14.7 Å². The van der Waals surface area contributed by atoms with Crippen LogP contribution in [0.25, 0.3) is 0 Å². The van der Waals surface area contributed by atoms with Gasteiger partial charge in [0.15, 0.2) is 6.61 Å². The van der Waals surface area contributed by atoms with E-state index in [2.05, 4.69) is 0 Å². The molecule has 0 fully saturated rings. The van der Waals surface area contributed by atoms with E-state index < -0.39 is 5.97 Å². The third kappa shape index (κ3) is 4.55. The van der Waals surface area contributed by atoms with Crippen LogP contribution in [-0.4, -0.2) is 17.7 Å². The maximum Gasteiger partial charge on any atom is 0.331 e. The molecule has 0 spiro atoms. The number of carboxylic acids is 1. The first-order valence-electron chi connectivity index (χ1n) is 3.79. The van der Waals surface area contributed by atoms with Crippen LogP contribution in [0.3, 0.4) is 0 Å². The van der Waals surface area contributed by atoms with E-state index in [0.717, 1.165) is 17.6 Å². The first kappa shape index (κ1) is 10.1. The molecule has 0 saturated carbocycles. The average molecular weight is 198 g/mol. The average Bonchev–Trinajstić information content (AvgIpc) is 2.14. The molecule has 0 atom stereocenters. The van der Waals surface area contributed by atoms with E-state index in [1.54, 1.807) is 0 Å². The Kier molecular flexibility index (Phi) is 4.35. The molecule has 0 amide bonds. The minimum Gasteiger partial charge on any atom is -0.479 e. The summed E-state index contributed by atoms with van der Waals surface area (Å²) in [6.45, 7) is -0.252. The van der Waals surface area contributed by atoms with E-state index in [-0.39, 0.29) is 6.61 Å². The van der Waals surface area contributed by atoms with Crippen molar-refractivity contribution >= 4 is 18.0 Å². The van der Waals surface area contributed by atoms with Gasteiger partial charge in [-0.15, -0.1) is 0 Å². The number of aliphatic carboxylic acids is 1. The van der Waals surface area contributed by atoms with Gasteiger partial charge in [0.25, 0.3) is 0 Å². The van der Waals surface area contributed by atoms with Crippen molar-refractivity contribution in [2.45, 2.75) is 5.75 Å². The molecule has 0 aromatic heterocycles. The summed E-state index contributed by atoms with van der Waals surface area (Å²) in [6.07, 6.45) is 0. The number of carbonyl (C=O) groups is 1. The zero-order chi connectivity index (χ0) is 9.52. The van der Waals surface area contributed by atoms with Crippen LogP contribution in [0, 0.1) is 0 Å². The van der Waals surface area contributed by atoms with Gasteiger partial charge in [-0.3, -0.25) is 0 Å². The highest BCUT2D eigenvalue weighted by Crippen LogP contribution is 2.11. The molecule has 0 bridgehead atoms. The van der Waals surface area contributed by atoms with Crippen molar-refractivity contribution in [1.29, 1.82) is 0 Å². The minimum atomic E-state index is -0.944. The molecule has 0 aliphatic heterocycles. The van der Waals surface area contributed by atoms with E-state index >= 15 is 0 Å². The van der Waals surface area contributed by atoms with Crippen molar-refractivity contribution in [2.75, 3.05) is 6.61 Å². The first-order valence-corrected chi connectivity index (χ1v) is 4.70. The highest BCUT2D eigenvalue weighted by atomic mass is 32.2. The standard InChI is InChI=1S/C9H10O3S/c10-9(11)6-12-13-7-8-4-2-1-3-5-8/h1-5H,6-7H2,(H,10,11). The van der Waals surface area contributed by atoms with Gasteiger partial charge < -0.3 is 9.29 Å². The summed E-state index contributed by atoms with van der Waals surface area (Å²) in [5.74, 6) is -0.269. The lowest BCUT2D eigenvalue weighted by Gasteiger charge is -1.99. The Hall–Kier alpha value is -1.00. The lowest BCUT2D eigenvalue weighted by Crippen LogP contribution is -2.02. The van der Waals surface area contributed by atoms with Crippen LogP contribution < -0.4 is 0 Å². The number of hydrogen-bond acceptors (Lipinski definition) is 3. The fourth-order valence-electron chi connectivity index (χ4n) is 0.776. The van der Waals surface area contributed by atoms with Crippen LogP contribution in [0.15, 0.2) is 30.3 Å². The molecule has 0 unspecified atom stereocenters. The van der Waals surface area contributed by atoms with Crippen LogP contribution in [0.2, 0.25) is 0 Å². The Bertz CT molecular complexity index is 261. The molecule has 0 saturated heterocycles. The molecule has 0 radical (unpaired) electrons. The van der Waals surface area contributed by atoms with E-state index in [9.17, 15) is 4.79 Å². The second kappa shape index (κ2) is 5.61. The Morgan fingerprint density at radius 3 is 2.69 bits per heavy atom. The van der Waals surface area contributed by atoms with Crippen LogP contribution in [0.1, 0.15) is 5.56 Å². The van der Waals surface area contributed by atoms with Gasteiger partial charge in [0.05, 0.1) is 0 Å². The van der Waals surface area contributed by atoms with E-state index in [4.69, 9.17) is 9.29 Å². The fraction of sp³-hybridized carbons (Fsp3) is 0.222. The van der Waals surface area contributed by atoms with Crippen molar-refractivity contribution < 1.29 is 14.1 Å². The summed E-state index contributed by atoms with van der Waals surface area (Å²) < 4.78 is 4.82. The molecule has 0 aliphatic carbocycles. The molecular weight excluding hydrogens is 188 g/mol. The SMILES string of the molecule is O=C(O)COSCc1ccccc1. The van der Waals surface area contributed by atoms with Gasteiger partial charge in [0.2, 0.25) is 0 Å². The predicted molar refractivity (Wildman–Crippen MR) is 51.3 cm³/mol. The molecule has 1 aromatic carbocycles. The van der Waals surface area contributed by atoms with E-state index in [0.29, 0.717) is 5.75 Å². The molecule has 1 N–H and O–H groups in total. The quantitative estimate of drug-likeness (QED) is 0.580. The lowest BCUT2D eigenvalue weighted by atomic mass is 10.2. The van der Waals surface area contributed by atoms with Gasteiger partial charge in [-0.2, -0.15) is 0 Å². The Labute approximate surface area is 80.9 Å². The number of carboxylic acid groups (broad SMARTS) is 1. The predicted octanol–water partition coefficient (Wildman–Crippen LogP) is 1.94. The van der Waals surface area contributed by atoms with Crippen LogP contribution in [0.4, 0.5) is 0 Å². The van der Waals surface area contributed by atoms with Gasteiger partial charge in [-0.05, 0) is 17.6 Å². The third-order valence-electron chi connectivity index (χ3n) is 1.33. The number of benzene rings is 1. The highest BCUT2D eigenvalue weighted by Gasteiger charge is 1.97. The summed E-state index contributed by atoms with van der Waals surface area (Å²) >= 11 is 1.15. The monoisotopic (exact) mass is 198 g/mol. The minimum absolute atomic E-state index is 0.252. The summed E-state index contributed by atoms with van der Waals surface area (Å²) in [6, 6.07) is 9.75. The first-order chi connectivity index (χ1) is 6.29. The molecule has 1 aromatic rings. The van der Waals surface area contributed by atoms with Crippen molar-refractivity contribution in [3.8, 4) is 0 Å². The van der Waals surface area contributed by atoms with Crippen molar-refractivity contribution in [3.05, 3.63) is 35.9 Å². The normalized spacial score (nSPS) is 9.85. The highest BCUT2D eigenvalue weighted by molar-refractivity contribution is 7.93. The topological polar surface area (TPSA) is 46.5 Å². The lowest BCUT2D eigenvalue weighted by molar-refractivity contribution is -0.138. The van der Waals surface area contributed by atoms with Gasteiger partial charge in [0.1, 0.15) is 0 Å². The van der Waals surface area contributed by atoms with Crippen molar-refractivity contribution in [1.82, 2.24) is 0 Å². The van der Waals surface area contributed by atoms with Gasteiger partial charge >= 0.3 is 5.97 Å². The largest absolute Gasteiger partial charge is 0.479 e. The van der Waals surface area contributed by atoms with E-state index in [1.165, 1.54) is 0 Å². The summed E-state index contributed by atoms with van der Waals surface area (Å²) in [4.78, 5) is 10.1. The molecular formula is C9H10O3S. The second-order valence-electron chi connectivity index (χ2n) is 2.40. The summed E-state index contributed by atoms with van der Waals surface area (Å²) in [5.41, 5.74) is 1.12. The zero-order valence-electron chi connectivity index (χ0n) is 6.97. The molecule has 1 rings (SSSR count). The van der Waals surface area contributed by atoms with E-state index in [1.807, 2.05) is 30.3 Å². The smallest absolute Gasteiger partial charge is 0.331 e. The Morgan fingerprint density at radius 2 is 2.08 bits per heavy atom. The molecule has 0 aliphatic rings. The molecule has 70 valence electrons. The molecule has 3 nitrogen and oxygen atoms in total. The van der Waals surface area contributed by atoms with Crippen molar-refractivity contribution in [3.63, 3.8) is 0 Å². The molecule has 13 heavy (non-hydrogen) atoms. The molecule has 0 heterocycles. The fourth-order valence-corrected chi connectivity index (χ4v) is 1.37. The Balaban J connectivity index is 2.17. The Morgan fingerprint density at radius 1 is 1.38 bits per heavy atom. The van der Waals surface area contributed by atoms with Crippen molar-refractivity contribution in [2.24, 2.45) is 0 Å². The third-order valence-corrected chi connectivity index (χ3v) is 2.07. The van der Waals surface area contributed by atoms with Gasteiger partial charge in [-0.1, -0.05) is 30.3 Å². The number of rotatable bonds is 5. The molecule has 4 heteroatoms.